The third-order valence-corrected chi connectivity index (χ3v) is 5.80. The normalized spacial score (nSPS) is 26.0. The summed E-state index contributed by atoms with van der Waals surface area (Å²) in [5.74, 6) is 1.54. The molecule has 0 heterocycles. The van der Waals surface area contributed by atoms with Gasteiger partial charge in [0.25, 0.3) is 0 Å². The fourth-order valence-corrected chi connectivity index (χ4v) is 4.02. The summed E-state index contributed by atoms with van der Waals surface area (Å²) in [5.41, 5.74) is 6.94. The van der Waals surface area contributed by atoms with Gasteiger partial charge in [-0.05, 0) is 56.0 Å². The van der Waals surface area contributed by atoms with Crippen LogP contribution in [-0.2, 0) is 0 Å². The summed E-state index contributed by atoms with van der Waals surface area (Å²) in [4.78, 5) is 2.78. The summed E-state index contributed by atoms with van der Waals surface area (Å²) in [6.45, 7) is 17.5. The topological polar surface area (TPSA) is 29.3 Å². The maximum Gasteiger partial charge on any atom is 0.0382 e. The van der Waals surface area contributed by atoms with Crippen LogP contribution in [0.4, 0.5) is 0 Å². The Hall–Kier alpha value is -0.0800. The third kappa shape index (κ3) is 4.69. The molecule has 0 aromatic rings. The number of rotatable bonds is 8. The highest BCUT2D eigenvalue weighted by molar-refractivity contribution is 5.05. The van der Waals surface area contributed by atoms with Gasteiger partial charge < -0.3 is 5.73 Å². The lowest BCUT2D eigenvalue weighted by Gasteiger charge is -2.56. The van der Waals surface area contributed by atoms with Crippen molar-refractivity contribution in [1.29, 1.82) is 0 Å². The van der Waals surface area contributed by atoms with Crippen molar-refractivity contribution in [2.45, 2.75) is 85.6 Å². The average Bonchev–Trinajstić information content (AvgIpc) is 2.39. The zero-order chi connectivity index (χ0) is 16.1. The van der Waals surface area contributed by atoms with Crippen molar-refractivity contribution < 1.29 is 0 Å². The van der Waals surface area contributed by atoms with Crippen molar-refractivity contribution in [2.75, 3.05) is 19.6 Å². The van der Waals surface area contributed by atoms with E-state index in [1.165, 1.54) is 51.6 Å². The van der Waals surface area contributed by atoms with Crippen molar-refractivity contribution in [1.82, 2.24) is 4.90 Å². The molecule has 1 fully saturated rings. The molecule has 0 radical (unpaired) electrons. The van der Waals surface area contributed by atoms with Crippen LogP contribution >= 0.6 is 0 Å². The predicted octanol–water partition coefficient (Wildman–Crippen LogP) is 4.68. The molecule has 0 spiro atoms. The molecule has 2 heteroatoms. The molecule has 0 bridgehead atoms. The van der Waals surface area contributed by atoms with Crippen LogP contribution in [0, 0.1) is 17.3 Å². The van der Waals surface area contributed by atoms with Crippen LogP contribution in [0.1, 0.15) is 80.1 Å². The van der Waals surface area contributed by atoms with Gasteiger partial charge in [-0.3, -0.25) is 4.90 Å². The second-order valence-electron chi connectivity index (χ2n) is 8.68. The summed E-state index contributed by atoms with van der Waals surface area (Å²) in [6.07, 6.45) is 7.90. The van der Waals surface area contributed by atoms with E-state index in [2.05, 4.69) is 46.4 Å². The molecule has 1 aliphatic carbocycles. The van der Waals surface area contributed by atoms with E-state index in [1.807, 2.05) is 0 Å². The van der Waals surface area contributed by atoms with Crippen molar-refractivity contribution >= 4 is 0 Å². The molecule has 0 aliphatic heterocycles. The Morgan fingerprint density at radius 3 is 1.76 bits per heavy atom. The van der Waals surface area contributed by atoms with Gasteiger partial charge in [0, 0.05) is 12.1 Å². The average molecular weight is 297 g/mol. The van der Waals surface area contributed by atoms with Crippen LogP contribution in [0.15, 0.2) is 0 Å². The first-order valence-corrected chi connectivity index (χ1v) is 9.20. The SMILES string of the molecule is CC(C)CCN(CCC(C)C)C1(CN)CCCCC1(C)C. The fourth-order valence-electron chi connectivity index (χ4n) is 4.02. The van der Waals surface area contributed by atoms with Gasteiger partial charge in [-0.25, -0.2) is 0 Å². The Labute approximate surface area is 133 Å². The second-order valence-corrected chi connectivity index (χ2v) is 8.68. The molecule has 0 aromatic carbocycles. The standard InChI is InChI=1S/C19H40N2/c1-16(2)9-13-21(14-10-17(3)4)19(15-20)12-8-7-11-18(19,5)6/h16-17H,7-15,20H2,1-6H3. The Morgan fingerprint density at radius 2 is 1.38 bits per heavy atom. The molecule has 0 saturated heterocycles. The quantitative estimate of drug-likeness (QED) is 0.705. The maximum absolute atomic E-state index is 6.39. The molecule has 0 amide bonds. The number of hydrogen-bond donors (Lipinski definition) is 1. The van der Waals surface area contributed by atoms with E-state index in [9.17, 15) is 0 Å². The van der Waals surface area contributed by atoms with E-state index in [-0.39, 0.29) is 5.54 Å². The molecule has 2 nitrogen and oxygen atoms in total. The second kappa shape index (κ2) is 7.97. The van der Waals surface area contributed by atoms with E-state index in [4.69, 9.17) is 5.73 Å². The fraction of sp³-hybridized carbons (Fsp3) is 1.00. The van der Waals surface area contributed by atoms with Crippen LogP contribution in [-0.4, -0.2) is 30.1 Å². The van der Waals surface area contributed by atoms with E-state index < -0.39 is 0 Å². The predicted molar refractivity (Wildman–Crippen MR) is 94.5 cm³/mol. The van der Waals surface area contributed by atoms with Gasteiger partial charge in [0.2, 0.25) is 0 Å². The van der Waals surface area contributed by atoms with Gasteiger partial charge in [0.15, 0.2) is 0 Å². The minimum Gasteiger partial charge on any atom is -0.329 e. The highest BCUT2D eigenvalue weighted by atomic mass is 15.2. The molecule has 1 unspecified atom stereocenters. The Balaban J connectivity index is 2.94. The van der Waals surface area contributed by atoms with Crippen LogP contribution in [0.3, 0.4) is 0 Å². The first kappa shape index (κ1) is 19.0. The van der Waals surface area contributed by atoms with Gasteiger partial charge in [-0.1, -0.05) is 54.4 Å². The molecule has 126 valence electrons. The lowest BCUT2D eigenvalue weighted by Crippen LogP contribution is -2.64. The van der Waals surface area contributed by atoms with Crippen molar-refractivity contribution in [3.05, 3.63) is 0 Å². The molecular weight excluding hydrogens is 256 g/mol. The number of nitrogens with two attached hydrogens (primary N) is 1. The monoisotopic (exact) mass is 296 g/mol. The molecule has 21 heavy (non-hydrogen) atoms. The zero-order valence-corrected chi connectivity index (χ0v) is 15.5. The highest BCUT2D eigenvalue weighted by Crippen LogP contribution is 2.47. The molecule has 1 aliphatic rings. The van der Waals surface area contributed by atoms with Gasteiger partial charge >= 0.3 is 0 Å². The van der Waals surface area contributed by atoms with Crippen LogP contribution < -0.4 is 5.73 Å². The lowest BCUT2D eigenvalue weighted by molar-refractivity contribution is -0.0479. The summed E-state index contributed by atoms with van der Waals surface area (Å²) < 4.78 is 0. The van der Waals surface area contributed by atoms with Gasteiger partial charge in [-0.15, -0.1) is 0 Å². The number of nitrogens with zero attached hydrogens (tertiary/aromatic N) is 1. The third-order valence-electron chi connectivity index (χ3n) is 5.80. The van der Waals surface area contributed by atoms with Crippen molar-refractivity contribution in [3.63, 3.8) is 0 Å². The Kier molecular flexibility index (Phi) is 7.19. The Morgan fingerprint density at radius 1 is 0.905 bits per heavy atom. The smallest absolute Gasteiger partial charge is 0.0382 e. The molecule has 0 aromatic heterocycles. The van der Waals surface area contributed by atoms with Crippen molar-refractivity contribution in [3.8, 4) is 0 Å². The lowest BCUT2D eigenvalue weighted by atomic mass is 9.62. The van der Waals surface area contributed by atoms with E-state index in [1.54, 1.807) is 0 Å². The van der Waals surface area contributed by atoms with Crippen LogP contribution in [0.5, 0.6) is 0 Å². The summed E-state index contributed by atoms with van der Waals surface area (Å²) in [6, 6.07) is 0. The van der Waals surface area contributed by atoms with Crippen LogP contribution in [0.2, 0.25) is 0 Å². The van der Waals surface area contributed by atoms with Gasteiger partial charge in [0.05, 0.1) is 0 Å². The molecule has 1 rings (SSSR count). The minimum atomic E-state index is 0.217. The molecule has 1 atom stereocenters. The highest BCUT2D eigenvalue weighted by Gasteiger charge is 2.49. The number of hydrogen-bond acceptors (Lipinski definition) is 2. The summed E-state index contributed by atoms with van der Waals surface area (Å²) >= 11 is 0. The zero-order valence-electron chi connectivity index (χ0n) is 15.5. The van der Waals surface area contributed by atoms with E-state index in [0.29, 0.717) is 5.41 Å². The maximum atomic E-state index is 6.39. The van der Waals surface area contributed by atoms with E-state index in [0.717, 1.165) is 18.4 Å². The van der Waals surface area contributed by atoms with E-state index >= 15 is 0 Å². The van der Waals surface area contributed by atoms with Gasteiger partial charge in [0.1, 0.15) is 0 Å². The molecule has 1 saturated carbocycles. The summed E-state index contributed by atoms with van der Waals surface area (Å²) in [5, 5.41) is 0. The molecule has 2 N–H and O–H groups in total. The minimum absolute atomic E-state index is 0.217. The molecular formula is C19H40N2. The summed E-state index contributed by atoms with van der Waals surface area (Å²) in [7, 11) is 0. The van der Waals surface area contributed by atoms with Gasteiger partial charge in [-0.2, -0.15) is 0 Å². The first-order chi connectivity index (χ1) is 9.75. The first-order valence-electron chi connectivity index (χ1n) is 9.20. The van der Waals surface area contributed by atoms with Crippen LogP contribution in [0.25, 0.3) is 0 Å². The van der Waals surface area contributed by atoms with Crippen molar-refractivity contribution in [2.24, 2.45) is 23.0 Å². The largest absolute Gasteiger partial charge is 0.329 e. The Bertz CT molecular complexity index is 284.